The molecule has 0 spiro atoms. The van der Waals surface area contributed by atoms with Gasteiger partial charge in [0.25, 0.3) is 5.91 Å². The number of thiazole rings is 1. The largest absolute Gasteiger partial charge is 0.495 e. The van der Waals surface area contributed by atoms with E-state index in [1.165, 1.54) is 11.3 Å². The van der Waals surface area contributed by atoms with E-state index in [-0.39, 0.29) is 5.91 Å². The first-order chi connectivity index (χ1) is 11.6. The van der Waals surface area contributed by atoms with Crippen molar-refractivity contribution in [3.63, 3.8) is 0 Å². The number of amides is 1. The molecule has 0 aliphatic rings. The van der Waals surface area contributed by atoms with Crippen molar-refractivity contribution in [2.75, 3.05) is 18.2 Å². The lowest BCUT2D eigenvalue weighted by Crippen LogP contribution is -2.12. The van der Waals surface area contributed by atoms with Crippen LogP contribution in [0.5, 0.6) is 5.75 Å². The zero-order valence-corrected chi connectivity index (χ0v) is 14.2. The minimum Gasteiger partial charge on any atom is -0.495 e. The number of benzene rings is 2. The van der Waals surface area contributed by atoms with Gasteiger partial charge in [0, 0.05) is 5.56 Å². The number of nitrogens with two attached hydrogens (primary N) is 1. The van der Waals surface area contributed by atoms with Gasteiger partial charge in [0.1, 0.15) is 10.6 Å². The molecule has 0 fully saturated rings. The molecule has 2 aromatic carbocycles. The summed E-state index contributed by atoms with van der Waals surface area (Å²) in [5, 5.41) is 3.25. The van der Waals surface area contributed by atoms with E-state index in [9.17, 15) is 4.79 Å². The van der Waals surface area contributed by atoms with Gasteiger partial charge in [0.05, 0.1) is 18.5 Å². The topological polar surface area (TPSA) is 77.2 Å². The van der Waals surface area contributed by atoms with Crippen LogP contribution in [-0.2, 0) is 0 Å². The highest BCUT2D eigenvalue weighted by molar-refractivity contribution is 7.17. The fourth-order valence-corrected chi connectivity index (χ4v) is 3.13. The van der Waals surface area contributed by atoms with E-state index in [0.29, 0.717) is 27.1 Å². The molecule has 1 aromatic heterocycles. The van der Waals surface area contributed by atoms with Crippen LogP contribution in [0.25, 0.3) is 11.3 Å². The van der Waals surface area contributed by atoms with Crippen molar-refractivity contribution in [1.29, 1.82) is 0 Å². The monoisotopic (exact) mass is 339 g/mol. The number of carbonyl (C=O) groups is 1. The third-order valence-corrected chi connectivity index (χ3v) is 4.38. The number of hydrogen-bond donors (Lipinski definition) is 2. The Morgan fingerprint density at radius 1 is 1.21 bits per heavy atom. The average Bonchev–Trinajstić information content (AvgIpc) is 2.98. The van der Waals surface area contributed by atoms with E-state index in [1.807, 2.05) is 55.5 Å². The Hall–Kier alpha value is -2.86. The summed E-state index contributed by atoms with van der Waals surface area (Å²) < 4.78 is 5.31. The molecule has 0 radical (unpaired) electrons. The molecule has 0 aliphatic heterocycles. The molecule has 0 atom stereocenters. The van der Waals surface area contributed by atoms with Crippen LogP contribution in [0, 0.1) is 6.92 Å². The molecule has 0 saturated carbocycles. The maximum atomic E-state index is 12.7. The van der Waals surface area contributed by atoms with Crippen LogP contribution in [0.2, 0.25) is 0 Å². The maximum absolute atomic E-state index is 12.7. The molecule has 3 aromatic rings. The SMILES string of the molecule is COc1ccc(C)cc1NC(=O)c1sc(N)nc1-c1ccccc1. The van der Waals surface area contributed by atoms with Crippen molar-refractivity contribution in [1.82, 2.24) is 4.98 Å². The molecular weight excluding hydrogens is 322 g/mol. The van der Waals surface area contributed by atoms with E-state index < -0.39 is 0 Å². The van der Waals surface area contributed by atoms with Crippen molar-refractivity contribution in [2.24, 2.45) is 0 Å². The summed E-state index contributed by atoms with van der Waals surface area (Å²) >= 11 is 1.17. The zero-order valence-electron chi connectivity index (χ0n) is 13.4. The van der Waals surface area contributed by atoms with Crippen LogP contribution >= 0.6 is 11.3 Å². The second-order valence-corrected chi connectivity index (χ2v) is 6.28. The fraction of sp³-hybridized carbons (Fsp3) is 0.111. The normalized spacial score (nSPS) is 10.4. The number of nitrogens with zero attached hydrogens (tertiary/aromatic N) is 1. The third-order valence-electron chi connectivity index (χ3n) is 3.50. The number of nitrogens with one attached hydrogen (secondary N) is 1. The van der Waals surface area contributed by atoms with Gasteiger partial charge in [-0.25, -0.2) is 4.98 Å². The molecule has 1 heterocycles. The lowest BCUT2D eigenvalue weighted by atomic mass is 10.1. The fourth-order valence-electron chi connectivity index (χ4n) is 2.38. The number of carbonyl (C=O) groups excluding carboxylic acids is 1. The van der Waals surface area contributed by atoms with Crippen LogP contribution in [0.15, 0.2) is 48.5 Å². The smallest absolute Gasteiger partial charge is 0.268 e. The van der Waals surface area contributed by atoms with Crippen molar-refractivity contribution in [2.45, 2.75) is 6.92 Å². The predicted molar refractivity (Wildman–Crippen MR) is 97.6 cm³/mol. The molecule has 0 aliphatic carbocycles. The van der Waals surface area contributed by atoms with Crippen LogP contribution < -0.4 is 15.8 Å². The van der Waals surface area contributed by atoms with Crippen molar-refractivity contribution in [3.05, 3.63) is 59.0 Å². The average molecular weight is 339 g/mol. The summed E-state index contributed by atoms with van der Waals surface area (Å²) in [6.45, 7) is 1.95. The lowest BCUT2D eigenvalue weighted by molar-refractivity contribution is 0.103. The molecule has 0 unspecified atom stereocenters. The standard InChI is InChI=1S/C18H17N3O2S/c1-11-8-9-14(23-2)13(10-11)20-17(22)16-15(21-18(19)24-16)12-6-4-3-5-7-12/h3-10H,1-2H3,(H2,19,21)(H,20,22). The van der Waals surface area contributed by atoms with Gasteiger partial charge in [-0.15, -0.1) is 0 Å². The number of aryl methyl sites for hydroxylation is 1. The zero-order chi connectivity index (χ0) is 17.1. The van der Waals surface area contributed by atoms with Crippen molar-refractivity contribution < 1.29 is 9.53 Å². The first kappa shape index (κ1) is 16.0. The summed E-state index contributed by atoms with van der Waals surface area (Å²) in [6, 6.07) is 15.1. The lowest BCUT2D eigenvalue weighted by Gasteiger charge is -2.11. The molecule has 0 saturated heterocycles. The highest BCUT2D eigenvalue weighted by Crippen LogP contribution is 2.32. The molecule has 1 amide bonds. The van der Waals surface area contributed by atoms with Gasteiger partial charge in [0.2, 0.25) is 0 Å². The van der Waals surface area contributed by atoms with E-state index in [4.69, 9.17) is 10.5 Å². The number of nitrogen functional groups attached to an aromatic ring is 1. The second-order valence-electron chi connectivity index (χ2n) is 5.25. The molecule has 5 nitrogen and oxygen atoms in total. The Balaban J connectivity index is 1.96. The number of hydrogen-bond acceptors (Lipinski definition) is 5. The maximum Gasteiger partial charge on any atom is 0.268 e. The van der Waals surface area contributed by atoms with Crippen LogP contribution in [0.1, 0.15) is 15.2 Å². The van der Waals surface area contributed by atoms with Gasteiger partial charge in [-0.2, -0.15) is 0 Å². The Labute approximate surface area is 144 Å². The summed E-state index contributed by atoms with van der Waals surface area (Å²) in [4.78, 5) is 17.5. The first-order valence-electron chi connectivity index (χ1n) is 7.36. The van der Waals surface area contributed by atoms with Gasteiger partial charge in [-0.05, 0) is 24.6 Å². The van der Waals surface area contributed by atoms with Gasteiger partial charge in [0.15, 0.2) is 5.13 Å². The summed E-state index contributed by atoms with van der Waals surface area (Å²) in [7, 11) is 1.57. The van der Waals surface area contributed by atoms with E-state index in [1.54, 1.807) is 7.11 Å². The first-order valence-corrected chi connectivity index (χ1v) is 8.18. The Bertz CT molecular complexity index is 875. The van der Waals surface area contributed by atoms with E-state index in [0.717, 1.165) is 11.1 Å². The van der Waals surface area contributed by atoms with Gasteiger partial charge >= 0.3 is 0 Å². The minimum atomic E-state index is -0.257. The molecular formula is C18H17N3O2S. The van der Waals surface area contributed by atoms with Crippen LogP contribution in [0.3, 0.4) is 0 Å². The third kappa shape index (κ3) is 3.23. The molecule has 0 bridgehead atoms. The highest BCUT2D eigenvalue weighted by Gasteiger charge is 2.19. The number of ether oxygens (including phenoxy) is 1. The second kappa shape index (κ2) is 6.72. The Kier molecular flexibility index (Phi) is 4.48. The van der Waals surface area contributed by atoms with E-state index in [2.05, 4.69) is 10.3 Å². The molecule has 3 N–H and O–H groups in total. The van der Waals surface area contributed by atoms with Gasteiger partial charge in [-0.3, -0.25) is 4.79 Å². The number of aromatic nitrogens is 1. The summed E-state index contributed by atoms with van der Waals surface area (Å²) in [5.41, 5.74) is 8.91. The Morgan fingerprint density at radius 2 is 1.96 bits per heavy atom. The van der Waals surface area contributed by atoms with Gasteiger partial charge in [-0.1, -0.05) is 47.7 Å². The molecule has 122 valence electrons. The Morgan fingerprint density at radius 3 is 2.67 bits per heavy atom. The summed E-state index contributed by atoms with van der Waals surface area (Å²) in [5.74, 6) is 0.347. The van der Waals surface area contributed by atoms with Gasteiger partial charge < -0.3 is 15.8 Å². The number of anilines is 2. The van der Waals surface area contributed by atoms with Crippen molar-refractivity contribution >= 4 is 28.1 Å². The van der Waals surface area contributed by atoms with Crippen molar-refractivity contribution in [3.8, 4) is 17.0 Å². The van der Waals surface area contributed by atoms with Crippen LogP contribution in [-0.4, -0.2) is 18.0 Å². The predicted octanol–water partition coefficient (Wildman–Crippen LogP) is 3.96. The molecule has 6 heteroatoms. The number of methoxy groups -OCH3 is 1. The molecule has 3 rings (SSSR count). The summed E-state index contributed by atoms with van der Waals surface area (Å²) in [6.07, 6.45) is 0. The van der Waals surface area contributed by atoms with E-state index >= 15 is 0 Å². The van der Waals surface area contributed by atoms with Crippen LogP contribution in [0.4, 0.5) is 10.8 Å². The molecule has 24 heavy (non-hydrogen) atoms. The highest BCUT2D eigenvalue weighted by atomic mass is 32.1. The quantitative estimate of drug-likeness (QED) is 0.754. The number of rotatable bonds is 4. The minimum absolute atomic E-state index is 0.257.